The van der Waals surface area contributed by atoms with E-state index in [1.165, 1.54) is 35.5 Å². The van der Waals surface area contributed by atoms with Crippen LogP contribution in [0, 0.1) is 0 Å². The molecule has 158 valence electrons. The van der Waals surface area contributed by atoms with Gasteiger partial charge in [0.05, 0.1) is 10.5 Å². The van der Waals surface area contributed by atoms with Crippen LogP contribution in [-0.4, -0.2) is 67.3 Å². The van der Waals surface area contributed by atoms with Gasteiger partial charge in [-0.15, -0.1) is 0 Å². The van der Waals surface area contributed by atoms with Crippen LogP contribution in [-0.2, 0) is 19.6 Å². The molecule has 2 heterocycles. The van der Waals surface area contributed by atoms with Gasteiger partial charge in [0.25, 0.3) is 5.91 Å². The van der Waals surface area contributed by atoms with Crippen LogP contribution in [0.4, 0.5) is 4.79 Å². The lowest BCUT2D eigenvalue weighted by Crippen LogP contribution is -2.42. The molecule has 2 saturated heterocycles. The number of hydrogen-bond acceptors (Lipinski definition) is 6. The number of rotatable bonds is 5. The fourth-order valence-corrected chi connectivity index (χ4v) is 5.27. The molecule has 2 aliphatic heterocycles. The molecule has 0 aliphatic carbocycles. The summed E-state index contributed by atoms with van der Waals surface area (Å²) in [6.45, 7) is 4.25. The minimum atomic E-state index is -3.73. The molecule has 29 heavy (non-hydrogen) atoms. The van der Waals surface area contributed by atoms with E-state index in [0.717, 1.165) is 24.2 Å². The second-order valence-corrected chi connectivity index (χ2v) is 9.15. The molecule has 0 radical (unpaired) electrons. The van der Waals surface area contributed by atoms with E-state index in [1.807, 2.05) is 6.92 Å². The standard InChI is InChI=1S/C19H25N3O6S/c1-13-6-3-4-10-22(13)29(26,27)16-8-5-7-15(12-16)18(24)28-14(2)17(23)21-11-9-20-19(21)25/h5,7-8,12-14H,3-4,6,9-11H2,1-2H3,(H,20,25)/t13-,14-/m0/s1. The molecule has 2 fully saturated rings. The van der Waals surface area contributed by atoms with Gasteiger partial charge < -0.3 is 10.1 Å². The number of urea groups is 1. The third kappa shape index (κ3) is 4.43. The molecule has 2 aliphatic rings. The van der Waals surface area contributed by atoms with Gasteiger partial charge in [-0.25, -0.2) is 18.0 Å². The van der Waals surface area contributed by atoms with Gasteiger partial charge in [0.1, 0.15) is 0 Å². The van der Waals surface area contributed by atoms with Gasteiger partial charge in [0.2, 0.25) is 10.0 Å². The molecular formula is C19H25N3O6S. The summed E-state index contributed by atoms with van der Waals surface area (Å²) in [4.78, 5) is 37.3. The van der Waals surface area contributed by atoms with Crippen LogP contribution < -0.4 is 5.32 Å². The maximum atomic E-state index is 13.0. The third-order valence-electron chi connectivity index (χ3n) is 5.17. The Bertz CT molecular complexity index is 916. The Morgan fingerprint density at radius 1 is 1.24 bits per heavy atom. The summed E-state index contributed by atoms with van der Waals surface area (Å²) in [7, 11) is -3.73. The molecule has 1 N–H and O–H groups in total. The first kappa shape index (κ1) is 21.3. The average Bonchev–Trinajstić information content (AvgIpc) is 3.13. The van der Waals surface area contributed by atoms with Crippen LogP contribution in [0.25, 0.3) is 0 Å². The highest BCUT2D eigenvalue weighted by atomic mass is 32.2. The Morgan fingerprint density at radius 2 is 2.00 bits per heavy atom. The molecule has 0 aromatic heterocycles. The van der Waals surface area contributed by atoms with Crippen LogP contribution in [0.15, 0.2) is 29.2 Å². The minimum absolute atomic E-state index is 0.0126. The maximum Gasteiger partial charge on any atom is 0.338 e. The van der Waals surface area contributed by atoms with E-state index in [2.05, 4.69) is 5.32 Å². The Kier molecular flexibility index (Phi) is 6.23. The van der Waals surface area contributed by atoms with E-state index in [-0.39, 0.29) is 23.0 Å². The van der Waals surface area contributed by atoms with Crippen molar-refractivity contribution in [1.29, 1.82) is 0 Å². The number of imide groups is 1. The van der Waals surface area contributed by atoms with Gasteiger partial charge in [-0.1, -0.05) is 12.5 Å². The molecule has 2 atom stereocenters. The van der Waals surface area contributed by atoms with Crippen molar-refractivity contribution in [3.05, 3.63) is 29.8 Å². The summed E-state index contributed by atoms with van der Waals surface area (Å²) in [5.74, 6) is -1.45. The number of sulfonamides is 1. The number of piperidine rings is 1. The number of nitrogens with one attached hydrogen (secondary N) is 1. The lowest BCUT2D eigenvalue weighted by Gasteiger charge is -2.32. The fourth-order valence-electron chi connectivity index (χ4n) is 3.53. The molecule has 10 heteroatoms. The van der Waals surface area contributed by atoms with E-state index in [9.17, 15) is 22.8 Å². The summed E-state index contributed by atoms with van der Waals surface area (Å²) < 4.78 is 32.6. The molecule has 0 bridgehead atoms. The van der Waals surface area contributed by atoms with Crippen LogP contribution >= 0.6 is 0 Å². The predicted molar refractivity (Wildman–Crippen MR) is 104 cm³/mol. The lowest BCUT2D eigenvalue weighted by molar-refractivity contribution is -0.136. The number of carbonyl (C=O) groups is 3. The van der Waals surface area contributed by atoms with Gasteiger partial charge in [-0.2, -0.15) is 4.31 Å². The monoisotopic (exact) mass is 423 g/mol. The molecule has 1 aromatic rings. The van der Waals surface area contributed by atoms with Gasteiger partial charge in [-0.05, 0) is 44.9 Å². The number of carbonyl (C=O) groups excluding carboxylic acids is 3. The quantitative estimate of drug-likeness (QED) is 0.715. The normalized spacial score (nSPS) is 21.5. The van der Waals surface area contributed by atoms with E-state index in [0.29, 0.717) is 13.1 Å². The van der Waals surface area contributed by atoms with Crippen LogP contribution in [0.1, 0.15) is 43.5 Å². The first-order chi connectivity index (χ1) is 13.7. The maximum absolute atomic E-state index is 13.0. The van der Waals surface area contributed by atoms with Crippen LogP contribution in [0.3, 0.4) is 0 Å². The topological polar surface area (TPSA) is 113 Å². The van der Waals surface area contributed by atoms with Crippen molar-refractivity contribution in [2.45, 2.75) is 50.2 Å². The second-order valence-electron chi connectivity index (χ2n) is 7.26. The summed E-state index contributed by atoms with van der Waals surface area (Å²) in [5, 5.41) is 2.50. The first-order valence-corrected chi connectivity index (χ1v) is 11.1. The highest BCUT2D eigenvalue weighted by molar-refractivity contribution is 7.89. The zero-order chi connectivity index (χ0) is 21.2. The number of nitrogens with zero attached hydrogens (tertiary/aromatic N) is 2. The Morgan fingerprint density at radius 3 is 2.66 bits per heavy atom. The van der Waals surface area contributed by atoms with Crippen molar-refractivity contribution < 1.29 is 27.5 Å². The first-order valence-electron chi connectivity index (χ1n) is 9.64. The zero-order valence-electron chi connectivity index (χ0n) is 16.5. The SMILES string of the molecule is C[C@H](OC(=O)c1cccc(S(=O)(=O)N2CCCC[C@@H]2C)c1)C(=O)N1CCNC1=O. The number of ether oxygens (including phenoxy) is 1. The van der Waals surface area contributed by atoms with E-state index in [1.54, 1.807) is 0 Å². The van der Waals surface area contributed by atoms with E-state index >= 15 is 0 Å². The van der Waals surface area contributed by atoms with Crippen molar-refractivity contribution in [1.82, 2.24) is 14.5 Å². The molecule has 1 aromatic carbocycles. The van der Waals surface area contributed by atoms with Gasteiger partial charge in [-0.3, -0.25) is 9.69 Å². The highest BCUT2D eigenvalue weighted by Crippen LogP contribution is 2.25. The second kappa shape index (κ2) is 8.50. The van der Waals surface area contributed by atoms with Crippen LogP contribution in [0.2, 0.25) is 0 Å². The summed E-state index contributed by atoms with van der Waals surface area (Å²) in [6, 6.07) is 4.98. The molecule has 0 saturated carbocycles. The van der Waals surface area contributed by atoms with E-state index in [4.69, 9.17) is 4.74 Å². The Hall–Kier alpha value is -2.46. The third-order valence-corrected chi connectivity index (χ3v) is 7.18. The Balaban J connectivity index is 1.74. The van der Waals surface area contributed by atoms with Gasteiger partial charge in [0, 0.05) is 25.7 Å². The Labute approximate surface area is 170 Å². The average molecular weight is 423 g/mol. The molecule has 3 rings (SSSR count). The van der Waals surface area contributed by atoms with E-state index < -0.39 is 34.0 Å². The van der Waals surface area contributed by atoms with Crippen molar-refractivity contribution in [3.63, 3.8) is 0 Å². The zero-order valence-corrected chi connectivity index (χ0v) is 17.3. The number of benzene rings is 1. The highest BCUT2D eigenvalue weighted by Gasteiger charge is 2.33. The molecular weight excluding hydrogens is 398 g/mol. The minimum Gasteiger partial charge on any atom is -0.449 e. The van der Waals surface area contributed by atoms with Crippen molar-refractivity contribution in [3.8, 4) is 0 Å². The van der Waals surface area contributed by atoms with Crippen molar-refractivity contribution >= 4 is 27.9 Å². The van der Waals surface area contributed by atoms with Crippen LogP contribution in [0.5, 0.6) is 0 Å². The summed E-state index contributed by atoms with van der Waals surface area (Å²) in [5.41, 5.74) is 0.0289. The molecule has 9 nitrogen and oxygen atoms in total. The largest absolute Gasteiger partial charge is 0.449 e. The summed E-state index contributed by atoms with van der Waals surface area (Å²) >= 11 is 0. The summed E-state index contributed by atoms with van der Waals surface area (Å²) in [6.07, 6.45) is 1.41. The van der Waals surface area contributed by atoms with Crippen molar-refractivity contribution in [2.75, 3.05) is 19.6 Å². The smallest absolute Gasteiger partial charge is 0.338 e. The predicted octanol–water partition coefficient (Wildman–Crippen LogP) is 1.35. The number of amides is 3. The fraction of sp³-hybridized carbons (Fsp3) is 0.526. The lowest BCUT2D eigenvalue weighted by atomic mass is 10.1. The molecule has 0 spiro atoms. The van der Waals surface area contributed by atoms with Gasteiger partial charge in [0.15, 0.2) is 6.10 Å². The molecule has 0 unspecified atom stereocenters. The number of esters is 1. The number of hydrogen-bond donors (Lipinski definition) is 1. The van der Waals surface area contributed by atoms with Crippen molar-refractivity contribution in [2.24, 2.45) is 0 Å². The van der Waals surface area contributed by atoms with Gasteiger partial charge >= 0.3 is 12.0 Å². The molecule has 3 amide bonds.